The number of nitrogens with one attached hydrogen (secondary N) is 2. The lowest BCUT2D eigenvalue weighted by Crippen LogP contribution is -2.27. The van der Waals surface area contributed by atoms with E-state index in [0.29, 0.717) is 11.1 Å². The number of benzene rings is 2. The first kappa shape index (κ1) is 40.6. The molecule has 0 spiro atoms. The molecule has 3 aromatic heterocycles. The first-order valence-electron chi connectivity index (χ1n) is 21.7. The Labute approximate surface area is 344 Å². The minimum Gasteiger partial charge on any atom is -0.355 e. The van der Waals surface area contributed by atoms with Gasteiger partial charge in [-0.1, -0.05) is 116 Å². The van der Waals surface area contributed by atoms with Gasteiger partial charge in [-0.2, -0.15) is 0 Å². The van der Waals surface area contributed by atoms with Crippen molar-refractivity contribution in [1.82, 2.24) is 19.9 Å². The van der Waals surface area contributed by atoms with E-state index in [4.69, 9.17) is 9.97 Å². The van der Waals surface area contributed by atoms with Crippen molar-refractivity contribution >= 4 is 55.9 Å². The summed E-state index contributed by atoms with van der Waals surface area (Å²) in [7, 11) is 0. The Kier molecular flexibility index (Phi) is 12.2. The number of fused-ring (bicyclic) bond motifs is 8. The quantitative estimate of drug-likeness (QED) is 0.0869. The molecule has 6 nitrogen and oxygen atoms in total. The van der Waals surface area contributed by atoms with Gasteiger partial charge >= 0.3 is 0 Å². The maximum atomic E-state index is 14.7. The van der Waals surface area contributed by atoms with Crippen LogP contribution in [0.25, 0.3) is 44.4 Å². The third-order valence-corrected chi connectivity index (χ3v) is 12.4. The summed E-state index contributed by atoms with van der Waals surface area (Å²) in [5.74, 6) is -1.36. The molecule has 6 heteroatoms. The lowest BCUT2D eigenvalue weighted by atomic mass is 9.82. The van der Waals surface area contributed by atoms with Gasteiger partial charge in [0.05, 0.1) is 28.7 Å². The number of hydrogen-bond donors (Lipinski definition) is 2. The standard InChI is InChI=1S/C52H58N4O2/c1-9-33-35(11-3)45-29-47-37(13-5)39(15-7)49(55-47)41(27-42(51(57)31-23-19-17-20-24-31)52(58)32-25-21-18-22-26-32)50-40(16-8)38(14-6)48(56-50)30-46-36(12-4)34(10-2)44(54-46)28-43(33)53-45/h17-26,28-30,42,53-54H,9-16,27H2,1-8H3. The zero-order chi connectivity index (χ0) is 41.1. The summed E-state index contributed by atoms with van der Waals surface area (Å²) in [6.45, 7) is 17.7. The van der Waals surface area contributed by atoms with Crippen LogP contribution in [0.15, 0.2) is 78.9 Å². The minimum absolute atomic E-state index is 0.176. The summed E-state index contributed by atoms with van der Waals surface area (Å²) in [4.78, 5) is 48.4. The number of hydrogen-bond acceptors (Lipinski definition) is 4. The first-order valence-corrected chi connectivity index (χ1v) is 21.7. The monoisotopic (exact) mass is 770 g/mol. The summed E-state index contributed by atoms with van der Waals surface area (Å²) in [5, 5.41) is 0. The predicted octanol–water partition coefficient (Wildman–Crippen LogP) is 13.0. The van der Waals surface area contributed by atoms with Crippen LogP contribution in [0.2, 0.25) is 0 Å². The van der Waals surface area contributed by atoms with Gasteiger partial charge in [0.1, 0.15) is 0 Å². The van der Waals surface area contributed by atoms with Gasteiger partial charge in [0, 0.05) is 38.8 Å². The molecular formula is C52H58N4O2. The van der Waals surface area contributed by atoms with E-state index in [1.165, 1.54) is 33.4 Å². The van der Waals surface area contributed by atoms with Crippen molar-refractivity contribution in [3.05, 3.63) is 141 Å². The largest absolute Gasteiger partial charge is 0.355 e. The highest BCUT2D eigenvalue weighted by molar-refractivity contribution is 6.16. The van der Waals surface area contributed by atoms with E-state index in [1.54, 1.807) is 0 Å². The number of H-pyrrole nitrogens is 2. The smallest absolute Gasteiger partial charge is 0.174 e. The summed E-state index contributed by atoms with van der Waals surface area (Å²) < 4.78 is 0. The number of aromatic nitrogens is 4. The summed E-state index contributed by atoms with van der Waals surface area (Å²) >= 11 is 0. The molecule has 5 aromatic rings. The molecule has 0 aliphatic carbocycles. The van der Waals surface area contributed by atoms with Gasteiger partial charge in [-0.25, -0.2) is 9.97 Å². The van der Waals surface area contributed by atoms with Crippen LogP contribution in [-0.2, 0) is 32.1 Å². The highest BCUT2D eigenvalue weighted by Crippen LogP contribution is 2.43. The number of Topliss-reactive ketones (excluding diaryl/α,β-unsaturated/α-hetero) is 2. The van der Waals surface area contributed by atoms with E-state index < -0.39 is 5.92 Å². The molecule has 2 N–H and O–H groups in total. The topological polar surface area (TPSA) is 91.5 Å². The van der Waals surface area contributed by atoms with Crippen molar-refractivity contribution < 1.29 is 9.59 Å². The van der Waals surface area contributed by atoms with Gasteiger partial charge in [0.25, 0.3) is 0 Å². The molecule has 5 heterocycles. The molecular weight excluding hydrogens is 713 g/mol. The average Bonchev–Trinajstić information content (AvgIpc) is 3.99. The fraction of sp³-hybridized carbons (Fsp3) is 0.346. The molecule has 2 aliphatic heterocycles. The predicted molar refractivity (Wildman–Crippen MR) is 242 cm³/mol. The molecule has 2 aliphatic rings. The Morgan fingerprint density at radius 1 is 0.448 bits per heavy atom. The second-order valence-electron chi connectivity index (χ2n) is 15.4. The summed E-state index contributed by atoms with van der Waals surface area (Å²) in [5.41, 5.74) is 19.9. The van der Waals surface area contributed by atoms with E-state index >= 15 is 0 Å². The fourth-order valence-corrected chi connectivity index (χ4v) is 9.58. The Balaban J connectivity index is 1.67. The van der Waals surface area contributed by atoms with Crippen LogP contribution in [-0.4, -0.2) is 31.5 Å². The van der Waals surface area contributed by atoms with Gasteiger partial charge in [0.15, 0.2) is 11.6 Å². The SMILES string of the molecule is CCC1=C(CC)c2nc1cc1[nH]c(cc3[nH]c(cc4nc(c2CC(C(=O)c2ccccc2)C(=O)c2ccccc2)C(CC)=C4CC)c(CC)c3CC)c(CC)c1CC. The maximum Gasteiger partial charge on any atom is 0.174 e. The molecule has 0 fully saturated rings. The number of nitrogens with zero attached hydrogens (tertiary/aromatic N) is 2. The van der Waals surface area contributed by atoms with Crippen LogP contribution in [0.4, 0.5) is 0 Å². The van der Waals surface area contributed by atoms with Crippen LogP contribution in [0.3, 0.4) is 0 Å². The third-order valence-electron chi connectivity index (χ3n) is 12.4. The highest BCUT2D eigenvalue weighted by Gasteiger charge is 2.34. The van der Waals surface area contributed by atoms with Crippen molar-refractivity contribution in [2.45, 2.75) is 113 Å². The van der Waals surface area contributed by atoms with Crippen LogP contribution < -0.4 is 0 Å². The van der Waals surface area contributed by atoms with Crippen molar-refractivity contribution in [2.24, 2.45) is 5.92 Å². The fourth-order valence-electron chi connectivity index (χ4n) is 9.58. The molecule has 0 atom stereocenters. The number of carbonyl (C=O) groups is 2. The second kappa shape index (κ2) is 17.5. The lowest BCUT2D eigenvalue weighted by Gasteiger charge is -2.19. The lowest BCUT2D eigenvalue weighted by molar-refractivity contribution is 0.0806. The van der Waals surface area contributed by atoms with Crippen molar-refractivity contribution in [3.63, 3.8) is 0 Å². The van der Waals surface area contributed by atoms with Gasteiger partial charge in [-0.15, -0.1) is 0 Å². The molecule has 7 rings (SSSR count). The van der Waals surface area contributed by atoms with E-state index in [9.17, 15) is 9.59 Å². The zero-order valence-electron chi connectivity index (χ0n) is 35.7. The van der Waals surface area contributed by atoms with Crippen LogP contribution in [0.5, 0.6) is 0 Å². The molecule has 0 radical (unpaired) electrons. The molecule has 0 unspecified atom stereocenters. The normalized spacial score (nSPS) is 12.9. The summed E-state index contributed by atoms with van der Waals surface area (Å²) in [6, 6.07) is 25.3. The number of rotatable bonds is 14. The van der Waals surface area contributed by atoms with E-state index in [2.05, 4.69) is 83.6 Å². The molecule has 8 bridgehead atoms. The number of aromatic amines is 2. The first-order chi connectivity index (χ1) is 28.2. The molecule has 2 aromatic carbocycles. The van der Waals surface area contributed by atoms with Gasteiger partial charge in [0.2, 0.25) is 0 Å². The van der Waals surface area contributed by atoms with E-state index in [1.807, 2.05) is 60.7 Å². The Hall–Kier alpha value is -5.62. The molecule has 0 amide bonds. The average molecular weight is 771 g/mol. The van der Waals surface area contributed by atoms with Crippen LogP contribution in [0, 0.1) is 5.92 Å². The molecule has 58 heavy (non-hydrogen) atoms. The number of aryl methyl sites for hydroxylation is 4. The van der Waals surface area contributed by atoms with Gasteiger partial charge in [-0.3, -0.25) is 9.59 Å². The van der Waals surface area contributed by atoms with E-state index in [-0.39, 0.29) is 18.0 Å². The molecule has 0 saturated heterocycles. The second-order valence-corrected chi connectivity index (χ2v) is 15.4. The van der Waals surface area contributed by atoms with Gasteiger partial charge < -0.3 is 9.97 Å². The minimum atomic E-state index is -0.978. The third kappa shape index (κ3) is 7.23. The van der Waals surface area contributed by atoms with Gasteiger partial charge in [-0.05, 0) is 121 Å². The zero-order valence-corrected chi connectivity index (χ0v) is 35.7. The Morgan fingerprint density at radius 2 is 0.793 bits per heavy atom. The Bertz CT molecular complexity index is 2430. The maximum absolute atomic E-state index is 14.7. The van der Waals surface area contributed by atoms with Crippen LogP contribution >= 0.6 is 0 Å². The van der Waals surface area contributed by atoms with Crippen molar-refractivity contribution in [2.75, 3.05) is 0 Å². The number of allylic oxidation sites excluding steroid dienone is 4. The van der Waals surface area contributed by atoms with Crippen molar-refractivity contribution in [3.8, 4) is 0 Å². The number of carbonyl (C=O) groups excluding carboxylic acids is 2. The van der Waals surface area contributed by atoms with Crippen LogP contribution in [0.1, 0.15) is 152 Å². The number of ketones is 2. The van der Waals surface area contributed by atoms with E-state index in [0.717, 1.165) is 113 Å². The van der Waals surface area contributed by atoms with Crippen molar-refractivity contribution in [1.29, 1.82) is 0 Å². The molecule has 0 saturated carbocycles. The highest BCUT2D eigenvalue weighted by atomic mass is 16.2. The molecule has 298 valence electrons. The summed E-state index contributed by atoms with van der Waals surface area (Å²) in [6.07, 6.45) is 6.87. The Morgan fingerprint density at radius 3 is 1.12 bits per heavy atom.